The Morgan fingerprint density at radius 1 is 0.957 bits per heavy atom. The smallest absolute Gasteiger partial charge is 0.187 e. The lowest BCUT2D eigenvalue weighted by molar-refractivity contribution is 0.319. The van der Waals surface area contributed by atoms with E-state index in [0.29, 0.717) is 0 Å². The molecule has 0 fully saturated rings. The molecule has 9 heteroatoms. The van der Waals surface area contributed by atoms with E-state index < -0.39 is 33.8 Å². The van der Waals surface area contributed by atoms with Gasteiger partial charge in [0.05, 0.1) is 28.6 Å². The Hall–Kier alpha value is -2.39. The van der Waals surface area contributed by atoms with Crippen LogP contribution >= 0.6 is 0 Å². The van der Waals surface area contributed by atoms with Gasteiger partial charge in [-0.05, 0) is 24.3 Å². The summed E-state index contributed by atoms with van der Waals surface area (Å²) in [6.45, 7) is -0.484. The minimum Gasteiger partial charge on any atom is -0.503 e. The highest BCUT2D eigenvalue weighted by Crippen LogP contribution is 2.27. The number of halogens is 2. The first-order valence-electron chi connectivity index (χ1n) is 6.37. The Morgan fingerprint density at radius 3 is 2.00 bits per heavy atom. The maximum atomic E-state index is 13.1. The van der Waals surface area contributed by atoms with Gasteiger partial charge in [0.25, 0.3) is 0 Å². The van der Waals surface area contributed by atoms with Crippen LogP contribution in [-0.2, 0) is 9.84 Å². The summed E-state index contributed by atoms with van der Waals surface area (Å²) in [4.78, 5) is 0.0206. The van der Waals surface area contributed by atoms with Crippen LogP contribution in [0.4, 0.5) is 20.2 Å². The maximum absolute atomic E-state index is 13.1. The summed E-state index contributed by atoms with van der Waals surface area (Å²) in [6.07, 6.45) is 0. The number of aliphatic hydroxyl groups excluding tert-OH is 1. The summed E-state index contributed by atoms with van der Waals surface area (Å²) in [6, 6.07) is 6.92. The lowest BCUT2D eigenvalue weighted by Crippen LogP contribution is -2.09. The van der Waals surface area contributed by atoms with Gasteiger partial charge in [0.1, 0.15) is 0 Å². The number of nitrogens with zero attached hydrogens (tertiary/aromatic N) is 2. The first-order valence-corrected chi connectivity index (χ1v) is 8.02. The van der Waals surface area contributed by atoms with Crippen molar-refractivity contribution in [1.82, 2.24) is 0 Å². The van der Waals surface area contributed by atoms with Crippen molar-refractivity contribution in [3.8, 4) is 5.75 Å². The van der Waals surface area contributed by atoms with Gasteiger partial charge >= 0.3 is 0 Å². The Labute approximate surface area is 130 Å². The molecule has 2 aromatic rings. The second-order valence-electron chi connectivity index (χ2n) is 4.49. The third kappa shape index (κ3) is 4.08. The average Bonchev–Trinajstić information content (AvgIpc) is 2.51. The maximum Gasteiger partial charge on any atom is 0.187 e. The molecule has 0 heterocycles. The molecule has 23 heavy (non-hydrogen) atoms. The molecule has 0 aliphatic heterocycles. The zero-order valence-corrected chi connectivity index (χ0v) is 12.5. The molecule has 2 N–H and O–H groups in total. The molecule has 0 aromatic heterocycles. The number of hydrogen-bond acceptors (Lipinski definition) is 6. The first-order chi connectivity index (χ1) is 10.8. The molecule has 0 bridgehead atoms. The predicted octanol–water partition coefficient (Wildman–Crippen LogP) is 2.85. The van der Waals surface area contributed by atoms with E-state index in [0.717, 1.165) is 12.1 Å². The average molecular weight is 342 g/mol. The van der Waals surface area contributed by atoms with Crippen molar-refractivity contribution in [3.05, 3.63) is 48.0 Å². The summed E-state index contributed by atoms with van der Waals surface area (Å²) >= 11 is 0. The standard InChI is InChI=1S/C14H12F2N2O4S/c15-12-7-10(8-13(16)14(12)20)18-17-9-1-3-11(4-2-9)23(21,22)6-5-19/h1-4,7-8,19-20H,5-6H2. The minimum absolute atomic E-state index is 0.0206. The van der Waals surface area contributed by atoms with Crippen LogP contribution in [0.25, 0.3) is 0 Å². The number of phenolic OH excluding ortho intramolecular Hbond substituents is 1. The molecule has 0 aliphatic carbocycles. The zero-order chi connectivity index (χ0) is 17.0. The molecule has 0 amide bonds. The number of sulfone groups is 1. The van der Waals surface area contributed by atoms with E-state index >= 15 is 0 Å². The van der Waals surface area contributed by atoms with Crippen LogP contribution in [0.15, 0.2) is 51.5 Å². The largest absolute Gasteiger partial charge is 0.503 e. The second kappa shape index (κ2) is 6.80. The number of hydrogen-bond donors (Lipinski definition) is 2. The van der Waals surface area contributed by atoms with Gasteiger partial charge in [-0.15, -0.1) is 0 Å². The lowest BCUT2D eigenvalue weighted by Gasteiger charge is -2.02. The van der Waals surface area contributed by atoms with E-state index in [-0.39, 0.29) is 22.0 Å². The molecular formula is C14H12F2N2O4S. The van der Waals surface area contributed by atoms with Crippen molar-refractivity contribution >= 4 is 21.2 Å². The molecular weight excluding hydrogens is 330 g/mol. The highest BCUT2D eigenvalue weighted by atomic mass is 32.2. The highest BCUT2D eigenvalue weighted by molar-refractivity contribution is 7.91. The van der Waals surface area contributed by atoms with E-state index in [9.17, 15) is 17.2 Å². The third-order valence-electron chi connectivity index (χ3n) is 2.84. The first kappa shape index (κ1) is 17.0. The van der Waals surface area contributed by atoms with E-state index in [4.69, 9.17) is 10.2 Å². The summed E-state index contributed by atoms with van der Waals surface area (Å²) in [7, 11) is -3.56. The normalized spacial score (nSPS) is 12.0. The van der Waals surface area contributed by atoms with Gasteiger partial charge in [0.2, 0.25) is 0 Å². The van der Waals surface area contributed by atoms with Crippen LogP contribution in [0.5, 0.6) is 5.75 Å². The van der Waals surface area contributed by atoms with Crippen LogP contribution in [0.2, 0.25) is 0 Å². The Balaban J connectivity index is 2.21. The molecule has 122 valence electrons. The fraction of sp³-hybridized carbons (Fsp3) is 0.143. The van der Waals surface area contributed by atoms with Crippen molar-refractivity contribution in [2.75, 3.05) is 12.4 Å². The summed E-state index contributed by atoms with van der Waals surface area (Å²) in [5.41, 5.74) is 0.122. The van der Waals surface area contributed by atoms with Crippen molar-refractivity contribution in [2.24, 2.45) is 10.2 Å². The SMILES string of the molecule is O=S(=O)(CCO)c1ccc(N=Nc2cc(F)c(O)c(F)c2)cc1. The fourth-order valence-electron chi connectivity index (χ4n) is 1.68. The van der Waals surface area contributed by atoms with Gasteiger partial charge in [0, 0.05) is 12.1 Å². The molecule has 0 aliphatic rings. The van der Waals surface area contributed by atoms with Crippen LogP contribution in [0.1, 0.15) is 0 Å². The van der Waals surface area contributed by atoms with E-state index in [2.05, 4.69) is 10.2 Å². The molecule has 0 unspecified atom stereocenters. The van der Waals surface area contributed by atoms with Crippen LogP contribution < -0.4 is 0 Å². The van der Waals surface area contributed by atoms with Gasteiger partial charge in [-0.25, -0.2) is 17.2 Å². The van der Waals surface area contributed by atoms with Gasteiger partial charge < -0.3 is 10.2 Å². The Morgan fingerprint density at radius 2 is 1.48 bits per heavy atom. The molecule has 0 spiro atoms. The molecule has 2 rings (SSSR count). The van der Waals surface area contributed by atoms with Gasteiger partial charge in [-0.1, -0.05) is 0 Å². The highest BCUT2D eigenvalue weighted by Gasteiger charge is 2.13. The van der Waals surface area contributed by atoms with Crippen molar-refractivity contribution in [2.45, 2.75) is 4.90 Å². The number of benzene rings is 2. The number of aromatic hydroxyl groups is 1. The Bertz CT molecular complexity index is 813. The molecule has 0 radical (unpaired) electrons. The quantitative estimate of drug-likeness (QED) is 0.816. The van der Waals surface area contributed by atoms with Gasteiger partial charge in [-0.2, -0.15) is 10.2 Å². The molecule has 0 saturated heterocycles. The zero-order valence-electron chi connectivity index (χ0n) is 11.6. The van der Waals surface area contributed by atoms with E-state index in [1.807, 2.05) is 0 Å². The van der Waals surface area contributed by atoms with E-state index in [1.54, 1.807) is 0 Å². The Kier molecular flexibility index (Phi) is 5.02. The van der Waals surface area contributed by atoms with Crippen LogP contribution in [0.3, 0.4) is 0 Å². The molecule has 6 nitrogen and oxygen atoms in total. The number of rotatable bonds is 5. The fourth-order valence-corrected chi connectivity index (χ4v) is 2.71. The molecule has 0 atom stereocenters. The minimum atomic E-state index is -3.56. The lowest BCUT2D eigenvalue weighted by atomic mass is 10.3. The third-order valence-corrected chi connectivity index (χ3v) is 4.55. The number of aliphatic hydroxyl groups is 1. The summed E-state index contributed by atoms with van der Waals surface area (Å²) < 4.78 is 49.7. The molecule has 2 aromatic carbocycles. The predicted molar refractivity (Wildman–Crippen MR) is 77.8 cm³/mol. The topological polar surface area (TPSA) is 99.3 Å². The van der Waals surface area contributed by atoms with Crippen molar-refractivity contribution < 1.29 is 27.4 Å². The second-order valence-corrected chi connectivity index (χ2v) is 6.60. The summed E-state index contributed by atoms with van der Waals surface area (Å²) in [5.74, 6) is -3.81. The van der Waals surface area contributed by atoms with Crippen LogP contribution in [-0.4, -0.2) is 31.0 Å². The monoisotopic (exact) mass is 342 g/mol. The van der Waals surface area contributed by atoms with Crippen molar-refractivity contribution in [1.29, 1.82) is 0 Å². The number of azo groups is 1. The number of phenols is 1. The van der Waals surface area contributed by atoms with E-state index in [1.165, 1.54) is 24.3 Å². The van der Waals surface area contributed by atoms with Gasteiger partial charge in [-0.3, -0.25) is 0 Å². The van der Waals surface area contributed by atoms with Crippen molar-refractivity contribution in [3.63, 3.8) is 0 Å². The molecule has 0 saturated carbocycles. The summed E-state index contributed by atoms with van der Waals surface area (Å²) in [5, 5.41) is 25.0. The van der Waals surface area contributed by atoms with Crippen LogP contribution in [0, 0.1) is 11.6 Å². The van der Waals surface area contributed by atoms with Gasteiger partial charge in [0.15, 0.2) is 27.2 Å².